The van der Waals surface area contributed by atoms with E-state index in [-0.39, 0.29) is 4.75 Å². The lowest BCUT2D eigenvalue weighted by Crippen LogP contribution is -2.34. The highest BCUT2D eigenvalue weighted by molar-refractivity contribution is 9.10. The summed E-state index contributed by atoms with van der Waals surface area (Å²) in [5.41, 5.74) is 6.50. The summed E-state index contributed by atoms with van der Waals surface area (Å²) in [5.74, 6) is 0.824. The Hall–Kier alpha value is -0.0800. The molecule has 0 amide bonds. The minimum absolute atomic E-state index is 0.130. The Morgan fingerprint density at radius 3 is 2.71 bits per heavy atom. The maximum Gasteiger partial charge on any atom is 0.244 e. The number of sulfonamides is 1. The van der Waals surface area contributed by atoms with Crippen molar-refractivity contribution in [1.29, 1.82) is 0 Å². The molecular weight excluding hydrogens is 372 g/mol. The standard InChI is InChI=1S/C14H21BrN2O2S2/c1-14(2)5-6-17(7-8-20-14)21(18,19)13-4-3-11(10-16)9-12(13)15/h3-4,9H,5-8,10,16H2,1-2H3. The average Bonchev–Trinajstić information content (AvgIpc) is 2.59. The third-order valence-corrected chi connectivity index (χ3v) is 7.89. The topological polar surface area (TPSA) is 63.4 Å². The lowest BCUT2D eigenvalue weighted by atomic mass is 10.1. The fourth-order valence-corrected chi connectivity index (χ4v) is 6.00. The number of nitrogens with two attached hydrogens (primary N) is 1. The number of hydrogen-bond acceptors (Lipinski definition) is 4. The molecule has 0 bridgehead atoms. The first kappa shape index (κ1) is 17.3. The number of thioether (sulfide) groups is 1. The molecule has 1 heterocycles. The molecule has 0 aromatic heterocycles. The van der Waals surface area contributed by atoms with Crippen molar-refractivity contribution in [3.8, 4) is 0 Å². The van der Waals surface area contributed by atoms with Gasteiger partial charge in [-0.1, -0.05) is 19.9 Å². The molecule has 0 aliphatic carbocycles. The second-order valence-electron chi connectivity index (χ2n) is 5.73. The van der Waals surface area contributed by atoms with Crippen molar-refractivity contribution >= 4 is 37.7 Å². The van der Waals surface area contributed by atoms with Crippen molar-refractivity contribution < 1.29 is 8.42 Å². The molecule has 1 aromatic carbocycles. The van der Waals surface area contributed by atoms with Gasteiger partial charge in [-0.05, 0) is 40.0 Å². The molecule has 0 unspecified atom stereocenters. The summed E-state index contributed by atoms with van der Waals surface area (Å²) in [6, 6.07) is 5.20. The molecule has 0 radical (unpaired) electrons. The predicted octanol–water partition coefficient (Wildman–Crippen LogP) is 2.81. The molecule has 1 fully saturated rings. The molecule has 1 aliphatic heterocycles. The van der Waals surface area contributed by atoms with Crippen LogP contribution in [0.5, 0.6) is 0 Å². The Kier molecular flexibility index (Phi) is 5.41. The molecule has 2 N–H and O–H groups in total. The maximum absolute atomic E-state index is 12.8. The van der Waals surface area contributed by atoms with Gasteiger partial charge in [0, 0.05) is 34.6 Å². The summed E-state index contributed by atoms with van der Waals surface area (Å²) in [4.78, 5) is 0.324. The first-order valence-corrected chi connectivity index (χ1v) is 10.1. The van der Waals surface area contributed by atoms with E-state index in [2.05, 4.69) is 29.8 Å². The van der Waals surface area contributed by atoms with Gasteiger partial charge in [0.25, 0.3) is 0 Å². The second kappa shape index (κ2) is 6.58. The molecule has 21 heavy (non-hydrogen) atoms. The van der Waals surface area contributed by atoms with Crippen molar-refractivity contribution in [2.24, 2.45) is 5.73 Å². The molecule has 1 aliphatic rings. The van der Waals surface area contributed by atoms with Crippen LogP contribution in [0.15, 0.2) is 27.6 Å². The predicted molar refractivity (Wildman–Crippen MR) is 91.9 cm³/mol. The quantitative estimate of drug-likeness (QED) is 0.858. The van der Waals surface area contributed by atoms with Gasteiger partial charge in [0.05, 0.1) is 4.90 Å². The van der Waals surface area contributed by atoms with Crippen LogP contribution in [0.2, 0.25) is 0 Å². The smallest absolute Gasteiger partial charge is 0.244 e. The zero-order valence-corrected chi connectivity index (χ0v) is 15.5. The average molecular weight is 393 g/mol. The lowest BCUT2D eigenvalue weighted by molar-refractivity contribution is 0.415. The van der Waals surface area contributed by atoms with E-state index in [4.69, 9.17) is 5.73 Å². The van der Waals surface area contributed by atoms with Crippen LogP contribution in [0.25, 0.3) is 0 Å². The SMILES string of the molecule is CC1(C)CCN(S(=O)(=O)c2ccc(CN)cc2Br)CCS1. The minimum Gasteiger partial charge on any atom is -0.326 e. The zero-order chi connectivity index (χ0) is 15.7. The molecule has 1 aromatic rings. The molecule has 4 nitrogen and oxygen atoms in total. The normalized spacial score (nSPS) is 20.2. The van der Waals surface area contributed by atoms with Gasteiger partial charge in [0.1, 0.15) is 0 Å². The van der Waals surface area contributed by atoms with Crippen molar-refractivity contribution in [3.05, 3.63) is 28.2 Å². The Morgan fingerprint density at radius 2 is 2.10 bits per heavy atom. The largest absolute Gasteiger partial charge is 0.326 e. The summed E-state index contributed by atoms with van der Waals surface area (Å²) in [6.07, 6.45) is 0.857. The molecular formula is C14H21BrN2O2S2. The molecule has 0 atom stereocenters. The van der Waals surface area contributed by atoms with E-state index in [1.165, 1.54) is 0 Å². The minimum atomic E-state index is -3.46. The maximum atomic E-state index is 12.8. The number of rotatable bonds is 3. The van der Waals surface area contributed by atoms with Crippen molar-refractivity contribution in [3.63, 3.8) is 0 Å². The summed E-state index contributed by atoms with van der Waals surface area (Å²) < 4.78 is 28.0. The highest BCUT2D eigenvalue weighted by atomic mass is 79.9. The number of halogens is 1. The van der Waals surface area contributed by atoms with Crippen molar-refractivity contribution in [1.82, 2.24) is 4.31 Å². The number of hydrogen-bond donors (Lipinski definition) is 1. The first-order chi connectivity index (χ1) is 9.76. The molecule has 118 valence electrons. The monoisotopic (exact) mass is 392 g/mol. The van der Waals surface area contributed by atoms with E-state index in [0.717, 1.165) is 17.7 Å². The van der Waals surface area contributed by atoms with E-state index in [1.54, 1.807) is 22.5 Å². The van der Waals surface area contributed by atoms with Crippen LogP contribution in [0.4, 0.5) is 0 Å². The van der Waals surface area contributed by atoms with Crippen molar-refractivity contribution in [2.75, 3.05) is 18.8 Å². The van der Waals surface area contributed by atoms with Crippen LogP contribution in [-0.2, 0) is 16.6 Å². The molecule has 0 saturated carbocycles. The third-order valence-electron chi connectivity index (χ3n) is 3.65. The molecule has 7 heteroatoms. The number of nitrogens with zero attached hydrogens (tertiary/aromatic N) is 1. The van der Waals surface area contributed by atoms with Gasteiger partial charge in [-0.25, -0.2) is 8.42 Å². The third kappa shape index (κ3) is 4.01. The summed E-state index contributed by atoms with van der Waals surface area (Å²) in [7, 11) is -3.46. The Bertz CT molecular complexity index is 617. The first-order valence-electron chi connectivity index (χ1n) is 6.89. The van der Waals surface area contributed by atoms with Crippen LogP contribution >= 0.6 is 27.7 Å². The van der Waals surface area contributed by atoms with Gasteiger partial charge < -0.3 is 5.73 Å². The van der Waals surface area contributed by atoms with Gasteiger partial charge in [0.15, 0.2) is 0 Å². The lowest BCUT2D eigenvalue weighted by Gasteiger charge is -2.23. The van der Waals surface area contributed by atoms with Gasteiger partial charge >= 0.3 is 0 Å². The van der Waals surface area contributed by atoms with Crippen LogP contribution in [0.3, 0.4) is 0 Å². The Morgan fingerprint density at radius 1 is 1.38 bits per heavy atom. The summed E-state index contributed by atoms with van der Waals surface area (Å²) >= 11 is 5.20. The molecule has 2 rings (SSSR count). The van der Waals surface area contributed by atoms with Crippen LogP contribution in [-0.4, -0.2) is 36.3 Å². The fourth-order valence-electron chi connectivity index (χ4n) is 2.26. The zero-order valence-electron chi connectivity index (χ0n) is 12.3. The highest BCUT2D eigenvalue weighted by Gasteiger charge is 2.31. The van der Waals surface area contributed by atoms with Crippen LogP contribution in [0.1, 0.15) is 25.8 Å². The Labute approximate surface area is 139 Å². The van der Waals surface area contributed by atoms with Gasteiger partial charge in [0.2, 0.25) is 10.0 Å². The molecule has 1 saturated heterocycles. The highest BCUT2D eigenvalue weighted by Crippen LogP contribution is 2.33. The number of benzene rings is 1. The van der Waals surface area contributed by atoms with Gasteiger partial charge in [-0.15, -0.1) is 0 Å². The van der Waals surface area contributed by atoms with Crippen LogP contribution in [0, 0.1) is 0 Å². The van der Waals surface area contributed by atoms with E-state index in [1.807, 2.05) is 11.8 Å². The van der Waals surface area contributed by atoms with E-state index < -0.39 is 10.0 Å². The summed E-state index contributed by atoms with van der Waals surface area (Å²) in [5, 5.41) is 0. The molecule has 0 spiro atoms. The Balaban J connectivity index is 2.29. The van der Waals surface area contributed by atoms with E-state index in [9.17, 15) is 8.42 Å². The van der Waals surface area contributed by atoms with E-state index >= 15 is 0 Å². The van der Waals surface area contributed by atoms with Crippen molar-refractivity contribution in [2.45, 2.75) is 36.5 Å². The van der Waals surface area contributed by atoms with E-state index in [0.29, 0.717) is 29.0 Å². The van der Waals surface area contributed by atoms with Crippen LogP contribution < -0.4 is 5.73 Å². The summed E-state index contributed by atoms with van der Waals surface area (Å²) in [6.45, 7) is 5.85. The van der Waals surface area contributed by atoms with Gasteiger partial charge in [-0.2, -0.15) is 16.1 Å². The fraction of sp³-hybridized carbons (Fsp3) is 0.571. The second-order valence-corrected chi connectivity index (χ2v) is 10.3. The van der Waals surface area contributed by atoms with Gasteiger partial charge in [-0.3, -0.25) is 0 Å².